The number of hydrogen-bond donors (Lipinski definition) is 1. The highest BCUT2D eigenvalue weighted by atomic mass is 35.5. The number of esters is 1. The smallest absolute Gasteiger partial charge is 0.310 e. The van der Waals surface area contributed by atoms with Gasteiger partial charge in [0.05, 0.1) is 25.7 Å². The maximum absolute atomic E-state index is 12.5. The van der Waals surface area contributed by atoms with Crippen LogP contribution in [0.2, 0.25) is 5.02 Å². The number of pyridine rings is 1. The van der Waals surface area contributed by atoms with E-state index in [1.165, 1.54) is 0 Å². The summed E-state index contributed by atoms with van der Waals surface area (Å²) in [7, 11) is 1.64. The Hall–Kier alpha value is -4.72. The minimum atomic E-state index is -0.277. The van der Waals surface area contributed by atoms with E-state index in [1.807, 2.05) is 30.3 Å². The third-order valence-electron chi connectivity index (χ3n) is 7.36. The molecule has 5 aromatic rings. The van der Waals surface area contributed by atoms with Crippen molar-refractivity contribution in [3.8, 4) is 33.8 Å². The summed E-state index contributed by atoms with van der Waals surface area (Å²) in [6.07, 6.45) is 2.28. The van der Waals surface area contributed by atoms with Gasteiger partial charge in [-0.2, -0.15) is 0 Å². The predicted molar refractivity (Wildman–Crippen MR) is 178 cm³/mol. The zero-order valence-electron chi connectivity index (χ0n) is 25.3. The number of nitrogens with one attached hydrogen (secondary N) is 1. The zero-order chi connectivity index (χ0) is 31.6. The number of carbonyl (C=O) groups excluding carboxylic acids is 2. The van der Waals surface area contributed by atoms with E-state index in [0.29, 0.717) is 42.6 Å². The third kappa shape index (κ3) is 8.47. The average molecular weight is 623 g/mol. The number of nitrogens with zero attached hydrogens (tertiary/aromatic N) is 1. The van der Waals surface area contributed by atoms with Gasteiger partial charge in [-0.05, 0) is 95.4 Å². The lowest BCUT2D eigenvalue weighted by molar-refractivity contribution is -0.142. The van der Waals surface area contributed by atoms with Crippen LogP contribution in [0.3, 0.4) is 0 Å². The van der Waals surface area contributed by atoms with Gasteiger partial charge in [0.1, 0.15) is 18.1 Å². The highest BCUT2D eigenvalue weighted by molar-refractivity contribution is 6.30. The summed E-state index contributed by atoms with van der Waals surface area (Å²) in [6.45, 7) is 3.11. The molecular weight excluding hydrogens is 588 g/mol. The molecule has 0 radical (unpaired) electrons. The number of benzene rings is 4. The Morgan fingerprint density at radius 1 is 0.889 bits per heavy atom. The molecule has 4 aromatic carbocycles. The van der Waals surface area contributed by atoms with Gasteiger partial charge in [-0.1, -0.05) is 41.9 Å². The molecule has 0 atom stereocenters. The molecular formula is C37H35ClN2O5. The van der Waals surface area contributed by atoms with Gasteiger partial charge in [0.25, 0.3) is 0 Å². The topological polar surface area (TPSA) is 86.8 Å². The van der Waals surface area contributed by atoms with Crippen molar-refractivity contribution in [2.24, 2.45) is 0 Å². The Labute approximate surface area is 268 Å². The van der Waals surface area contributed by atoms with Gasteiger partial charge in [0.15, 0.2) is 5.78 Å². The van der Waals surface area contributed by atoms with Crippen LogP contribution in [0.25, 0.3) is 33.2 Å². The number of fused-ring (bicyclic) bond motifs is 1. The number of Topliss-reactive ketones (excluding diaryl/α,β-unsaturated/α-hetero) is 1. The quantitative estimate of drug-likeness (QED) is 0.102. The molecule has 0 aliphatic carbocycles. The van der Waals surface area contributed by atoms with Crippen molar-refractivity contribution >= 4 is 34.3 Å². The van der Waals surface area contributed by atoms with Crippen LogP contribution >= 0.6 is 11.6 Å². The van der Waals surface area contributed by atoms with E-state index in [-0.39, 0.29) is 24.8 Å². The summed E-state index contributed by atoms with van der Waals surface area (Å²) in [5, 5.41) is 5.11. The predicted octanol–water partition coefficient (Wildman–Crippen LogP) is 7.46. The molecule has 1 N–H and O–H groups in total. The second kappa shape index (κ2) is 15.3. The Kier molecular flexibility index (Phi) is 10.8. The SMILES string of the molecule is CCOC(=O)Cc1ccc(OC)c(-c2ccc(-c3ccc4ncccc4c3)cc2CNCCC(=O)COc2ccc(Cl)cc2)c1. The van der Waals surface area contributed by atoms with Crippen LogP contribution in [-0.2, 0) is 27.3 Å². The van der Waals surface area contributed by atoms with E-state index in [1.54, 1.807) is 44.5 Å². The molecule has 0 spiro atoms. The van der Waals surface area contributed by atoms with E-state index >= 15 is 0 Å². The van der Waals surface area contributed by atoms with Crippen LogP contribution in [0.15, 0.2) is 97.2 Å². The summed E-state index contributed by atoms with van der Waals surface area (Å²) < 4.78 is 16.5. The zero-order valence-corrected chi connectivity index (χ0v) is 26.1. The highest BCUT2D eigenvalue weighted by Gasteiger charge is 2.15. The number of rotatable bonds is 14. The monoisotopic (exact) mass is 622 g/mol. The second-order valence-corrected chi connectivity index (χ2v) is 10.9. The molecule has 0 amide bonds. The van der Waals surface area contributed by atoms with E-state index in [2.05, 4.69) is 46.7 Å². The minimum absolute atomic E-state index is 0.00861. The molecule has 1 aromatic heterocycles. The van der Waals surface area contributed by atoms with Gasteiger partial charge < -0.3 is 19.5 Å². The van der Waals surface area contributed by atoms with Gasteiger partial charge in [-0.3, -0.25) is 14.6 Å². The van der Waals surface area contributed by atoms with Crippen molar-refractivity contribution < 1.29 is 23.8 Å². The summed E-state index contributed by atoms with van der Waals surface area (Å²) in [5.41, 5.74) is 6.76. The summed E-state index contributed by atoms with van der Waals surface area (Å²) >= 11 is 5.92. The number of carbonyl (C=O) groups is 2. The Bertz CT molecular complexity index is 1790. The van der Waals surface area contributed by atoms with Crippen LogP contribution in [0.5, 0.6) is 11.5 Å². The first-order chi connectivity index (χ1) is 21.9. The maximum Gasteiger partial charge on any atom is 0.310 e. The molecule has 0 saturated carbocycles. The number of methoxy groups -OCH3 is 1. The van der Waals surface area contributed by atoms with E-state index in [4.69, 9.17) is 25.8 Å². The Morgan fingerprint density at radius 3 is 2.49 bits per heavy atom. The van der Waals surface area contributed by atoms with E-state index < -0.39 is 0 Å². The molecule has 5 rings (SSSR count). The van der Waals surface area contributed by atoms with Gasteiger partial charge >= 0.3 is 5.97 Å². The first-order valence-corrected chi connectivity index (χ1v) is 15.2. The summed E-state index contributed by atoms with van der Waals surface area (Å²) in [5.74, 6) is 1.01. The van der Waals surface area contributed by atoms with Gasteiger partial charge in [-0.25, -0.2) is 0 Å². The lowest BCUT2D eigenvalue weighted by atomic mass is 9.92. The molecule has 0 fully saturated rings. The summed E-state index contributed by atoms with van der Waals surface area (Å²) in [4.78, 5) is 29.2. The van der Waals surface area contributed by atoms with Crippen molar-refractivity contribution in [1.29, 1.82) is 0 Å². The Balaban J connectivity index is 1.38. The van der Waals surface area contributed by atoms with Crippen LogP contribution in [0, 0.1) is 0 Å². The fourth-order valence-electron chi connectivity index (χ4n) is 5.11. The number of aromatic nitrogens is 1. The van der Waals surface area contributed by atoms with Crippen LogP contribution < -0.4 is 14.8 Å². The molecule has 0 bridgehead atoms. The first-order valence-electron chi connectivity index (χ1n) is 14.8. The second-order valence-electron chi connectivity index (χ2n) is 10.5. The van der Waals surface area contributed by atoms with Crippen molar-refractivity contribution in [3.63, 3.8) is 0 Å². The van der Waals surface area contributed by atoms with Crippen LogP contribution in [0.4, 0.5) is 0 Å². The van der Waals surface area contributed by atoms with Crippen molar-refractivity contribution in [3.05, 3.63) is 113 Å². The highest BCUT2D eigenvalue weighted by Crippen LogP contribution is 2.36. The largest absolute Gasteiger partial charge is 0.496 e. The first kappa shape index (κ1) is 31.7. The Morgan fingerprint density at radius 2 is 1.69 bits per heavy atom. The number of hydrogen-bond acceptors (Lipinski definition) is 7. The lowest BCUT2D eigenvalue weighted by Gasteiger charge is -2.17. The van der Waals surface area contributed by atoms with Crippen molar-refractivity contribution in [1.82, 2.24) is 10.3 Å². The van der Waals surface area contributed by atoms with Crippen LogP contribution in [0.1, 0.15) is 24.5 Å². The maximum atomic E-state index is 12.5. The van der Waals surface area contributed by atoms with E-state index in [9.17, 15) is 9.59 Å². The lowest BCUT2D eigenvalue weighted by Crippen LogP contribution is -2.21. The van der Waals surface area contributed by atoms with Gasteiger partial charge in [-0.15, -0.1) is 0 Å². The molecule has 45 heavy (non-hydrogen) atoms. The van der Waals surface area contributed by atoms with Gasteiger partial charge in [0.2, 0.25) is 0 Å². The number of ketones is 1. The van der Waals surface area contributed by atoms with Crippen molar-refractivity contribution in [2.45, 2.75) is 26.3 Å². The molecule has 8 heteroatoms. The molecule has 0 unspecified atom stereocenters. The number of ether oxygens (including phenoxy) is 3. The molecule has 1 heterocycles. The molecule has 0 aliphatic heterocycles. The van der Waals surface area contributed by atoms with Crippen LogP contribution in [-0.4, -0.2) is 43.6 Å². The van der Waals surface area contributed by atoms with E-state index in [0.717, 1.165) is 44.3 Å². The number of halogens is 1. The fourth-order valence-corrected chi connectivity index (χ4v) is 5.24. The molecule has 0 saturated heterocycles. The fraction of sp³-hybridized carbons (Fsp3) is 0.216. The molecule has 7 nitrogen and oxygen atoms in total. The van der Waals surface area contributed by atoms with Crippen molar-refractivity contribution in [2.75, 3.05) is 26.9 Å². The molecule has 230 valence electrons. The third-order valence-corrected chi connectivity index (χ3v) is 7.61. The normalized spacial score (nSPS) is 10.9. The molecule has 0 aliphatic rings. The average Bonchev–Trinajstić information content (AvgIpc) is 3.06. The minimum Gasteiger partial charge on any atom is -0.496 e. The standard InChI is InChI=1S/C37H35ClN2O5/c1-3-44-37(42)20-25-6-15-36(43-2)34(19-25)33-13-7-26(27-8-14-35-28(21-27)5-4-17-40-35)22-29(33)23-39-18-16-31(41)24-45-32-11-9-30(38)10-12-32/h4-15,17,19,21-22,39H,3,16,18,20,23-24H2,1-2H3. The van der Waals surface area contributed by atoms with Gasteiger partial charge in [0, 0.05) is 41.7 Å². The summed E-state index contributed by atoms with van der Waals surface area (Å²) in [6, 6.07) is 29.2.